The number of nitrogens with zero attached hydrogens (tertiary/aromatic N) is 1. The summed E-state index contributed by atoms with van der Waals surface area (Å²) >= 11 is 0. The van der Waals surface area contributed by atoms with E-state index in [1.54, 1.807) is 25.1 Å². The fourth-order valence-electron chi connectivity index (χ4n) is 1.86. The second-order valence-corrected chi connectivity index (χ2v) is 4.50. The molecular weight excluding hydrogens is 251 g/mol. The Morgan fingerprint density at radius 1 is 1.58 bits per heavy atom. The van der Waals surface area contributed by atoms with Crippen molar-refractivity contribution in [2.75, 3.05) is 13.2 Å². The van der Waals surface area contributed by atoms with Crippen molar-refractivity contribution in [1.82, 2.24) is 5.32 Å². The summed E-state index contributed by atoms with van der Waals surface area (Å²) < 4.78 is 13.6. The van der Waals surface area contributed by atoms with Crippen molar-refractivity contribution >= 4 is 11.6 Å². The van der Waals surface area contributed by atoms with Crippen LogP contribution in [0.1, 0.15) is 18.9 Å². The molecule has 1 atom stereocenters. The van der Waals surface area contributed by atoms with Gasteiger partial charge in [-0.2, -0.15) is 0 Å². The van der Waals surface area contributed by atoms with Gasteiger partial charge in [-0.3, -0.25) is 4.79 Å². The molecule has 0 bridgehead atoms. The summed E-state index contributed by atoms with van der Waals surface area (Å²) in [5, 5.41) is 15.0. The van der Waals surface area contributed by atoms with Gasteiger partial charge in [-0.1, -0.05) is 23.4 Å². The Kier molecular flexibility index (Phi) is 3.80. The van der Waals surface area contributed by atoms with Gasteiger partial charge in [0.2, 0.25) is 5.60 Å². The van der Waals surface area contributed by atoms with Crippen LogP contribution in [0.25, 0.3) is 0 Å². The molecule has 1 aliphatic rings. The predicted molar refractivity (Wildman–Crippen MR) is 67.1 cm³/mol. The van der Waals surface area contributed by atoms with Gasteiger partial charge < -0.3 is 15.3 Å². The summed E-state index contributed by atoms with van der Waals surface area (Å²) in [7, 11) is 0. The molecule has 1 heterocycles. The minimum absolute atomic E-state index is 0.146. The number of aliphatic hydroxyl groups excluding tert-OH is 1. The van der Waals surface area contributed by atoms with Gasteiger partial charge >= 0.3 is 0 Å². The van der Waals surface area contributed by atoms with Crippen LogP contribution in [-0.2, 0) is 9.63 Å². The fourth-order valence-corrected chi connectivity index (χ4v) is 1.86. The molecule has 5 nitrogen and oxygen atoms in total. The van der Waals surface area contributed by atoms with Gasteiger partial charge in [0.25, 0.3) is 5.91 Å². The lowest BCUT2D eigenvalue weighted by atomic mass is 9.95. The van der Waals surface area contributed by atoms with E-state index in [4.69, 9.17) is 9.94 Å². The maximum absolute atomic E-state index is 13.6. The zero-order valence-corrected chi connectivity index (χ0v) is 10.5. The standard InChI is InChI=1S/C13H15FN2O3/c1-13(12(18)15-6-7-17)8-11(16-19-13)9-4-2-3-5-10(9)14/h2-5,17H,6-8H2,1H3,(H,15,18)/t13-/m0/s1. The average molecular weight is 266 g/mol. The van der Waals surface area contributed by atoms with E-state index in [9.17, 15) is 9.18 Å². The summed E-state index contributed by atoms with van der Waals surface area (Å²) in [4.78, 5) is 17.0. The largest absolute Gasteiger partial charge is 0.395 e. The van der Waals surface area contributed by atoms with Crippen LogP contribution in [0.3, 0.4) is 0 Å². The predicted octanol–water partition coefficient (Wildman–Crippen LogP) is 0.817. The van der Waals surface area contributed by atoms with Crippen molar-refractivity contribution in [3.8, 4) is 0 Å². The number of amides is 1. The molecule has 0 saturated heterocycles. The average Bonchev–Trinajstić information content (AvgIpc) is 2.80. The van der Waals surface area contributed by atoms with Crippen LogP contribution in [0, 0.1) is 5.82 Å². The Morgan fingerprint density at radius 2 is 2.32 bits per heavy atom. The third-order valence-electron chi connectivity index (χ3n) is 2.92. The first kappa shape index (κ1) is 13.5. The molecular formula is C13H15FN2O3. The monoisotopic (exact) mass is 266 g/mol. The number of hydrogen-bond acceptors (Lipinski definition) is 4. The molecule has 2 N–H and O–H groups in total. The highest BCUT2D eigenvalue weighted by molar-refractivity contribution is 6.05. The molecule has 0 unspecified atom stereocenters. The fraction of sp³-hybridized carbons (Fsp3) is 0.385. The summed E-state index contributed by atoms with van der Waals surface area (Å²) in [5.41, 5.74) is -0.423. The van der Waals surface area contributed by atoms with Crippen molar-refractivity contribution in [2.24, 2.45) is 5.16 Å². The Hall–Kier alpha value is -1.95. The SMILES string of the molecule is C[C@@]1(C(=O)NCCO)CC(c2ccccc2F)=NO1. The van der Waals surface area contributed by atoms with Crippen LogP contribution in [0.4, 0.5) is 4.39 Å². The van der Waals surface area contributed by atoms with Gasteiger partial charge in [-0.15, -0.1) is 0 Å². The Morgan fingerprint density at radius 3 is 3.00 bits per heavy atom. The van der Waals surface area contributed by atoms with Crippen LogP contribution in [0.2, 0.25) is 0 Å². The summed E-state index contributed by atoms with van der Waals surface area (Å²) in [5.74, 6) is -0.776. The van der Waals surface area contributed by atoms with E-state index < -0.39 is 11.4 Å². The van der Waals surface area contributed by atoms with Gasteiger partial charge in [-0.05, 0) is 13.0 Å². The van der Waals surface area contributed by atoms with E-state index in [1.807, 2.05) is 0 Å². The molecule has 102 valence electrons. The molecule has 0 saturated carbocycles. The van der Waals surface area contributed by atoms with E-state index in [0.717, 1.165) is 0 Å². The van der Waals surface area contributed by atoms with E-state index in [1.165, 1.54) is 6.07 Å². The zero-order chi connectivity index (χ0) is 13.9. The number of benzene rings is 1. The molecule has 2 rings (SSSR count). The molecule has 6 heteroatoms. The minimum atomic E-state index is -1.16. The zero-order valence-electron chi connectivity index (χ0n) is 10.5. The Balaban J connectivity index is 2.10. The van der Waals surface area contributed by atoms with Crippen LogP contribution in [0.15, 0.2) is 29.4 Å². The molecule has 0 aliphatic carbocycles. The topological polar surface area (TPSA) is 70.9 Å². The first-order valence-corrected chi connectivity index (χ1v) is 5.96. The molecule has 0 spiro atoms. The van der Waals surface area contributed by atoms with E-state index in [0.29, 0.717) is 11.3 Å². The number of nitrogens with one attached hydrogen (secondary N) is 1. The highest BCUT2D eigenvalue weighted by atomic mass is 19.1. The molecule has 0 radical (unpaired) electrons. The molecule has 1 aromatic rings. The van der Waals surface area contributed by atoms with Crippen molar-refractivity contribution in [1.29, 1.82) is 0 Å². The van der Waals surface area contributed by atoms with Crippen molar-refractivity contribution in [2.45, 2.75) is 18.9 Å². The van der Waals surface area contributed by atoms with Crippen LogP contribution >= 0.6 is 0 Å². The normalized spacial score (nSPS) is 21.7. The molecule has 19 heavy (non-hydrogen) atoms. The number of carbonyl (C=O) groups is 1. The molecule has 1 amide bonds. The number of hydrogen-bond donors (Lipinski definition) is 2. The van der Waals surface area contributed by atoms with Crippen LogP contribution in [0.5, 0.6) is 0 Å². The van der Waals surface area contributed by atoms with Crippen molar-refractivity contribution in [3.05, 3.63) is 35.6 Å². The summed E-state index contributed by atoms with van der Waals surface area (Å²) in [6, 6.07) is 6.21. The second-order valence-electron chi connectivity index (χ2n) is 4.50. The van der Waals surface area contributed by atoms with E-state index in [2.05, 4.69) is 10.5 Å². The van der Waals surface area contributed by atoms with Crippen molar-refractivity contribution < 1.29 is 19.1 Å². The first-order chi connectivity index (χ1) is 9.07. The number of carbonyl (C=O) groups excluding carboxylic acids is 1. The quantitative estimate of drug-likeness (QED) is 0.847. The van der Waals surface area contributed by atoms with Gasteiger partial charge in [0.1, 0.15) is 5.82 Å². The third kappa shape index (κ3) is 2.73. The highest BCUT2D eigenvalue weighted by Crippen LogP contribution is 2.27. The number of halogens is 1. The molecule has 0 fully saturated rings. The van der Waals surface area contributed by atoms with Gasteiger partial charge in [0.05, 0.1) is 12.3 Å². The maximum atomic E-state index is 13.6. The third-order valence-corrected chi connectivity index (χ3v) is 2.92. The van der Waals surface area contributed by atoms with Crippen LogP contribution < -0.4 is 5.32 Å². The smallest absolute Gasteiger partial charge is 0.267 e. The minimum Gasteiger partial charge on any atom is -0.395 e. The second kappa shape index (κ2) is 5.36. The number of aliphatic hydroxyl groups is 1. The molecule has 0 aromatic heterocycles. The summed E-state index contributed by atoms with van der Waals surface area (Å²) in [6.07, 6.45) is 0.186. The van der Waals surface area contributed by atoms with Gasteiger partial charge in [0.15, 0.2) is 0 Å². The maximum Gasteiger partial charge on any atom is 0.267 e. The molecule has 1 aliphatic heterocycles. The lowest BCUT2D eigenvalue weighted by Gasteiger charge is -2.19. The first-order valence-electron chi connectivity index (χ1n) is 5.96. The van der Waals surface area contributed by atoms with E-state index in [-0.39, 0.29) is 25.5 Å². The van der Waals surface area contributed by atoms with E-state index >= 15 is 0 Å². The number of rotatable bonds is 4. The highest BCUT2D eigenvalue weighted by Gasteiger charge is 2.42. The van der Waals surface area contributed by atoms with Gasteiger partial charge in [0, 0.05) is 18.5 Å². The molecule has 1 aromatic carbocycles. The lowest BCUT2D eigenvalue weighted by Crippen LogP contribution is -2.45. The number of oxime groups is 1. The lowest BCUT2D eigenvalue weighted by molar-refractivity contribution is -0.141. The Labute approximate surface area is 110 Å². The van der Waals surface area contributed by atoms with Crippen LogP contribution in [-0.4, -0.2) is 35.5 Å². The van der Waals surface area contributed by atoms with Crippen molar-refractivity contribution in [3.63, 3.8) is 0 Å². The van der Waals surface area contributed by atoms with Gasteiger partial charge in [-0.25, -0.2) is 4.39 Å². The Bertz CT molecular complexity index is 518. The summed E-state index contributed by atoms with van der Waals surface area (Å²) in [6.45, 7) is 1.58.